The average Bonchev–Trinajstić information content (AvgIpc) is 2.99. The Kier molecular flexibility index (Phi) is 5.41. The summed E-state index contributed by atoms with van der Waals surface area (Å²) in [7, 11) is -1.04. The van der Waals surface area contributed by atoms with Crippen LogP contribution in [0.4, 0.5) is 11.5 Å². The lowest BCUT2D eigenvalue weighted by molar-refractivity contribution is 0.102. The van der Waals surface area contributed by atoms with Crippen molar-refractivity contribution in [2.45, 2.75) is 18.4 Å². The third-order valence-electron chi connectivity index (χ3n) is 5.57. The summed E-state index contributed by atoms with van der Waals surface area (Å²) in [5, 5.41) is 3.93. The van der Waals surface area contributed by atoms with Gasteiger partial charge < -0.3 is 10.2 Å². The molecule has 1 unspecified atom stereocenters. The molecule has 1 aliphatic heterocycles. The highest BCUT2D eigenvalue weighted by atomic mass is 32.2. The molecule has 0 saturated heterocycles. The van der Waals surface area contributed by atoms with Gasteiger partial charge in [-0.3, -0.25) is 14.0 Å². The van der Waals surface area contributed by atoms with Gasteiger partial charge >= 0.3 is 0 Å². The second-order valence-electron chi connectivity index (χ2n) is 7.82. The Balaban J connectivity index is 1.56. The van der Waals surface area contributed by atoms with Crippen molar-refractivity contribution >= 4 is 39.1 Å². The van der Waals surface area contributed by atoms with E-state index < -0.39 is 10.8 Å². The number of aryl methyl sites for hydroxylation is 1. The average molecular weight is 443 g/mol. The molecule has 2 aromatic heterocycles. The van der Waals surface area contributed by atoms with Crippen LogP contribution >= 0.6 is 0 Å². The molecule has 160 valence electrons. The maximum absolute atomic E-state index is 12.9. The van der Waals surface area contributed by atoms with E-state index in [0.29, 0.717) is 30.1 Å². The number of benzene rings is 2. The second-order valence-corrected chi connectivity index (χ2v) is 9.36. The number of nitrogens with one attached hydrogen (secondary N) is 1. The third kappa shape index (κ3) is 3.99. The van der Waals surface area contributed by atoms with E-state index in [0.717, 1.165) is 32.7 Å². The van der Waals surface area contributed by atoms with Crippen LogP contribution < -0.4 is 10.2 Å². The van der Waals surface area contributed by atoms with Gasteiger partial charge in [0.1, 0.15) is 5.82 Å². The van der Waals surface area contributed by atoms with Crippen LogP contribution in [0.1, 0.15) is 21.5 Å². The molecule has 0 fully saturated rings. The van der Waals surface area contributed by atoms with Gasteiger partial charge in [-0.05, 0) is 42.8 Å². The Morgan fingerprint density at radius 2 is 1.97 bits per heavy atom. The molecule has 3 heterocycles. The summed E-state index contributed by atoms with van der Waals surface area (Å²) in [6.45, 7) is 3.24. The van der Waals surface area contributed by atoms with Crippen LogP contribution in [0.25, 0.3) is 10.9 Å². The fraction of sp³-hybridized carbons (Fsp3) is 0.160. The zero-order valence-electron chi connectivity index (χ0n) is 17.6. The van der Waals surface area contributed by atoms with Gasteiger partial charge in [-0.25, -0.2) is 4.98 Å². The number of pyridine rings is 2. The molecule has 1 amide bonds. The number of hydrogen-bond donors (Lipinski definition) is 1. The van der Waals surface area contributed by atoms with E-state index in [1.165, 1.54) is 0 Å². The molecule has 5 rings (SSSR count). The highest BCUT2D eigenvalue weighted by molar-refractivity contribution is 7.85. The lowest BCUT2D eigenvalue weighted by Gasteiger charge is -2.23. The van der Waals surface area contributed by atoms with Crippen molar-refractivity contribution in [3.63, 3.8) is 0 Å². The van der Waals surface area contributed by atoms with Gasteiger partial charge in [0.05, 0.1) is 27.6 Å². The predicted octanol–water partition coefficient (Wildman–Crippen LogP) is 4.32. The first-order chi connectivity index (χ1) is 15.6. The van der Waals surface area contributed by atoms with Gasteiger partial charge in [-0.2, -0.15) is 0 Å². The second kappa shape index (κ2) is 8.51. The van der Waals surface area contributed by atoms with E-state index in [2.05, 4.69) is 15.2 Å². The Morgan fingerprint density at radius 3 is 2.81 bits per heavy atom. The zero-order valence-corrected chi connectivity index (χ0v) is 18.4. The van der Waals surface area contributed by atoms with E-state index in [1.54, 1.807) is 24.5 Å². The first kappa shape index (κ1) is 20.3. The summed E-state index contributed by atoms with van der Waals surface area (Å²) in [5.74, 6) is 1.05. The van der Waals surface area contributed by atoms with Crippen molar-refractivity contribution < 1.29 is 9.00 Å². The van der Waals surface area contributed by atoms with Crippen molar-refractivity contribution in [1.29, 1.82) is 0 Å². The minimum atomic E-state index is -1.04. The van der Waals surface area contributed by atoms with Gasteiger partial charge in [-0.1, -0.05) is 29.8 Å². The topological polar surface area (TPSA) is 75.2 Å². The molecule has 0 bridgehead atoms. The summed E-state index contributed by atoms with van der Waals surface area (Å²) >= 11 is 0. The predicted molar refractivity (Wildman–Crippen MR) is 127 cm³/mol. The van der Waals surface area contributed by atoms with Crippen LogP contribution in [0.3, 0.4) is 0 Å². The van der Waals surface area contributed by atoms with Crippen LogP contribution in [0.5, 0.6) is 0 Å². The van der Waals surface area contributed by atoms with Crippen molar-refractivity contribution in [2.75, 3.05) is 22.5 Å². The number of hydrogen-bond acceptors (Lipinski definition) is 5. The van der Waals surface area contributed by atoms with Crippen molar-refractivity contribution in [2.24, 2.45) is 0 Å². The van der Waals surface area contributed by atoms with Gasteiger partial charge in [0.2, 0.25) is 0 Å². The summed E-state index contributed by atoms with van der Waals surface area (Å²) < 4.78 is 12.7. The van der Waals surface area contributed by atoms with E-state index in [-0.39, 0.29) is 5.91 Å². The Bertz CT molecular complexity index is 1340. The van der Waals surface area contributed by atoms with E-state index in [1.807, 2.05) is 55.5 Å². The first-order valence-electron chi connectivity index (χ1n) is 10.4. The van der Waals surface area contributed by atoms with E-state index in [9.17, 15) is 9.00 Å². The SMILES string of the molecule is Cc1ccc2nc(N3CCS(=O)c4ccccc4C3)cc(NC(=O)c3cccnc3)c2c1. The number of amides is 1. The quantitative estimate of drug-likeness (QED) is 0.512. The summed E-state index contributed by atoms with van der Waals surface area (Å²) in [6, 6.07) is 19.2. The molecule has 4 aromatic rings. The highest BCUT2D eigenvalue weighted by Crippen LogP contribution is 2.31. The maximum Gasteiger partial charge on any atom is 0.257 e. The van der Waals surface area contributed by atoms with Crippen LogP contribution in [-0.2, 0) is 17.3 Å². The van der Waals surface area contributed by atoms with Crippen molar-refractivity contribution in [3.8, 4) is 0 Å². The molecule has 0 saturated carbocycles. The molecule has 1 atom stereocenters. The highest BCUT2D eigenvalue weighted by Gasteiger charge is 2.21. The minimum absolute atomic E-state index is 0.222. The number of aromatic nitrogens is 2. The molecule has 7 heteroatoms. The standard InChI is InChI=1S/C25H22N4O2S/c1-17-8-9-21-20(13-17)22(28-25(30)18-6-4-10-26-15-18)14-24(27-21)29-11-12-32(31)23-7-3-2-5-19(23)16-29/h2-10,13-15H,11-12,16H2,1H3,(H,27,28,30). The number of fused-ring (bicyclic) bond motifs is 2. The summed E-state index contributed by atoms with van der Waals surface area (Å²) in [4.78, 5) is 24.8. The lowest BCUT2D eigenvalue weighted by atomic mass is 10.1. The molecule has 1 N–H and O–H groups in total. The van der Waals surface area contributed by atoms with Crippen LogP contribution in [0.15, 0.2) is 78.0 Å². The Labute approximate surface area is 188 Å². The Morgan fingerprint density at radius 1 is 1.09 bits per heavy atom. The number of carbonyl (C=O) groups is 1. The van der Waals surface area contributed by atoms with Crippen molar-refractivity contribution in [3.05, 3.63) is 89.7 Å². The minimum Gasteiger partial charge on any atom is -0.351 e. The molecular formula is C25H22N4O2S. The van der Waals surface area contributed by atoms with Crippen LogP contribution in [0.2, 0.25) is 0 Å². The molecule has 1 aliphatic rings. The first-order valence-corrected chi connectivity index (χ1v) is 11.7. The van der Waals surface area contributed by atoms with Crippen molar-refractivity contribution in [1.82, 2.24) is 9.97 Å². The number of rotatable bonds is 3. The lowest BCUT2D eigenvalue weighted by Crippen LogP contribution is -2.26. The maximum atomic E-state index is 12.9. The van der Waals surface area contributed by atoms with Gasteiger partial charge in [0.25, 0.3) is 5.91 Å². The molecule has 0 radical (unpaired) electrons. The zero-order chi connectivity index (χ0) is 22.1. The molecule has 32 heavy (non-hydrogen) atoms. The molecule has 0 aliphatic carbocycles. The monoisotopic (exact) mass is 442 g/mol. The number of anilines is 2. The molecule has 6 nitrogen and oxygen atoms in total. The number of nitrogens with zero attached hydrogens (tertiary/aromatic N) is 3. The molecule has 2 aromatic carbocycles. The van der Waals surface area contributed by atoms with E-state index >= 15 is 0 Å². The van der Waals surface area contributed by atoms with Crippen LogP contribution in [-0.4, -0.2) is 32.4 Å². The molecular weight excluding hydrogens is 420 g/mol. The van der Waals surface area contributed by atoms with Gasteiger partial charge in [0.15, 0.2) is 0 Å². The fourth-order valence-electron chi connectivity index (χ4n) is 3.92. The van der Waals surface area contributed by atoms with Crippen LogP contribution in [0, 0.1) is 6.92 Å². The molecule has 0 spiro atoms. The normalized spacial score (nSPS) is 15.8. The smallest absolute Gasteiger partial charge is 0.257 e. The number of carbonyl (C=O) groups excluding carboxylic acids is 1. The van der Waals surface area contributed by atoms with Gasteiger partial charge in [0, 0.05) is 47.6 Å². The largest absolute Gasteiger partial charge is 0.351 e. The fourth-order valence-corrected chi connectivity index (χ4v) is 5.18. The third-order valence-corrected chi connectivity index (χ3v) is 7.01. The van der Waals surface area contributed by atoms with Gasteiger partial charge in [-0.15, -0.1) is 0 Å². The van der Waals surface area contributed by atoms with E-state index in [4.69, 9.17) is 4.98 Å². The summed E-state index contributed by atoms with van der Waals surface area (Å²) in [5.41, 5.74) is 4.11. The summed E-state index contributed by atoms with van der Waals surface area (Å²) in [6.07, 6.45) is 3.19. The Hall–Kier alpha value is -3.58.